The normalized spacial score (nSPS) is 10.3. The smallest absolute Gasteiger partial charge is 0.337 e. The minimum atomic E-state index is -0.236. The van der Waals surface area contributed by atoms with Gasteiger partial charge >= 0.3 is 6.01 Å². The molecule has 20 heavy (non-hydrogen) atoms. The lowest BCUT2D eigenvalue weighted by atomic mass is 10.1. The Kier molecular flexibility index (Phi) is 5.00. The number of carbonyl (C=O) groups is 1. The number of nitrogens with zero attached hydrogens (tertiary/aromatic N) is 2. The summed E-state index contributed by atoms with van der Waals surface area (Å²) in [6.45, 7) is 2.31. The van der Waals surface area contributed by atoms with Crippen molar-refractivity contribution in [3.8, 4) is 6.01 Å². The summed E-state index contributed by atoms with van der Waals surface area (Å²) < 4.78 is 5.11. The Morgan fingerprint density at radius 3 is 2.80 bits per heavy atom. The largest absolute Gasteiger partial charge is 0.463 e. The first-order valence-electron chi connectivity index (χ1n) is 6.17. The summed E-state index contributed by atoms with van der Waals surface area (Å²) in [6, 6.07) is 7.69. The maximum atomic E-state index is 12.0. The molecule has 6 nitrogen and oxygen atoms in total. The quantitative estimate of drug-likeness (QED) is 0.854. The van der Waals surface area contributed by atoms with E-state index in [4.69, 9.17) is 4.74 Å². The number of amides is 1. The van der Waals surface area contributed by atoms with Crippen molar-refractivity contribution in [2.75, 3.05) is 18.2 Å². The van der Waals surface area contributed by atoms with Crippen molar-refractivity contribution in [3.05, 3.63) is 35.4 Å². The monoisotopic (exact) mass is 292 g/mol. The van der Waals surface area contributed by atoms with Gasteiger partial charge in [0.15, 0.2) is 0 Å². The summed E-state index contributed by atoms with van der Waals surface area (Å²) in [5, 5.41) is 9.05. The van der Waals surface area contributed by atoms with E-state index in [-0.39, 0.29) is 17.9 Å². The van der Waals surface area contributed by atoms with Crippen LogP contribution < -0.4 is 10.1 Å². The summed E-state index contributed by atoms with van der Waals surface area (Å²) in [7, 11) is 0. The predicted octanol–water partition coefficient (Wildman–Crippen LogP) is 2.32. The van der Waals surface area contributed by atoms with Crippen molar-refractivity contribution >= 4 is 23.6 Å². The Labute approximate surface area is 121 Å². The minimum Gasteiger partial charge on any atom is -0.463 e. The Balaban J connectivity index is 1.99. The van der Waals surface area contributed by atoms with Gasteiger partial charge in [-0.15, -0.1) is 5.10 Å². The molecule has 2 N–H and O–H groups in total. The Bertz CT molecular complexity index is 568. The van der Waals surface area contributed by atoms with Gasteiger partial charge in [0.2, 0.25) is 5.95 Å². The number of H-pyrrole nitrogens is 1. The number of aromatic nitrogens is 3. The Morgan fingerprint density at radius 2 is 2.15 bits per heavy atom. The molecule has 0 atom stereocenters. The number of hydrogen-bond donors (Lipinski definition) is 2. The molecule has 0 aliphatic heterocycles. The maximum absolute atomic E-state index is 12.0. The van der Waals surface area contributed by atoms with E-state index in [1.165, 1.54) is 5.56 Å². The predicted molar refractivity (Wildman–Crippen MR) is 79.2 cm³/mol. The lowest BCUT2D eigenvalue weighted by Crippen LogP contribution is -2.13. The molecule has 0 unspecified atom stereocenters. The van der Waals surface area contributed by atoms with Crippen LogP contribution in [0, 0.1) is 0 Å². The fourth-order valence-corrected chi connectivity index (χ4v) is 2.12. The van der Waals surface area contributed by atoms with Gasteiger partial charge in [0.1, 0.15) is 0 Å². The number of thioether (sulfide) groups is 1. The molecule has 0 saturated heterocycles. The zero-order valence-electron chi connectivity index (χ0n) is 11.3. The first kappa shape index (κ1) is 14.4. The van der Waals surface area contributed by atoms with Crippen LogP contribution in [0.15, 0.2) is 24.3 Å². The third-order valence-corrected chi connectivity index (χ3v) is 3.12. The molecule has 106 valence electrons. The number of ether oxygens (including phenoxy) is 1. The number of carbonyl (C=O) groups excluding carboxylic acids is 1. The van der Waals surface area contributed by atoms with Gasteiger partial charge in [-0.1, -0.05) is 12.1 Å². The van der Waals surface area contributed by atoms with E-state index < -0.39 is 0 Å². The molecule has 1 heterocycles. The van der Waals surface area contributed by atoms with E-state index in [1.54, 1.807) is 23.9 Å². The van der Waals surface area contributed by atoms with Gasteiger partial charge in [0.25, 0.3) is 5.91 Å². The fourth-order valence-electron chi connectivity index (χ4n) is 1.59. The van der Waals surface area contributed by atoms with Crippen molar-refractivity contribution in [1.29, 1.82) is 0 Å². The SMILES string of the molecule is CCOc1n[nH]c(NC(=O)c2ccc(CSC)cc2)n1. The zero-order valence-corrected chi connectivity index (χ0v) is 12.2. The van der Waals surface area contributed by atoms with Crippen LogP contribution in [-0.2, 0) is 5.75 Å². The van der Waals surface area contributed by atoms with Crippen LogP contribution in [0.4, 0.5) is 5.95 Å². The van der Waals surface area contributed by atoms with Crippen LogP contribution in [0.3, 0.4) is 0 Å². The highest BCUT2D eigenvalue weighted by Gasteiger charge is 2.09. The molecule has 0 aliphatic rings. The van der Waals surface area contributed by atoms with Crippen LogP contribution in [0.25, 0.3) is 0 Å². The van der Waals surface area contributed by atoms with E-state index in [0.29, 0.717) is 12.2 Å². The number of nitrogens with one attached hydrogen (secondary N) is 2. The highest BCUT2D eigenvalue weighted by molar-refractivity contribution is 7.97. The van der Waals surface area contributed by atoms with Crippen LogP contribution in [0.2, 0.25) is 0 Å². The highest BCUT2D eigenvalue weighted by Crippen LogP contribution is 2.12. The highest BCUT2D eigenvalue weighted by atomic mass is 32.2. The number of rotatable bonds is 6. The first-order valence-corrected chi connectivity index (χ1v) is 7.56. The van der Waals surface area contributed by atoms with Crippen LogP contribution in [0.5, 0.6) is 6.01 Å². The van der Waals surface area contributed by atoms with Crippen molar-refractivity contribution in [2.45, 2.75) is 12.7 Å². The van der Waals surface area contributed by atoms with E-state index in [1.807, 2.05) is 25.3 Å². The number of anilines is 1. The summed E-state index contributed by atoms with van der Waals surface area (Å²) in [6.07, 6.45) is 2.04. The Hall–Kier alpha value is -2.02. The fraction of sp³-hybridized carbons (Fsp3) is 0.308. The molecule has 0 radical (unpaired) electrons. The van der Waals surface area contributed by atoms with E-state index >= 15 is 0 Å². The van der Waals surface area contributed by atoms with Crippen molar-refractivity contribution in [1.82, 2.24) is 15.2 Å². The lowest BCUT2D eigenvalue weighted by Gasteiger charge is -2.03. The molecule has 0 aliphatic carbocycles. The van der Waals surface area contributed by atoms with Gasteiger partial charge in [0.05, 0.1) is 6.61 Å². The third-order valence-electron chi connectivity index (χ3n) is 2.50. The Morgan fingerprint density at radius 1 is 1.40 bits per heavy atom. The molecule has 1 aromatic carbocycles. The van der Waals surface area contributed by atoms with Gasteiger partial charge in [0, 0.05) is 11.3 Å². The summed E-state index contributed by atoms with van der Waals surface area (Å²) in [5.74, 6) is 0.966. The second kappa shape index (κ2) is 6.95. The van der Waals surface area contributed by atoms with Gasteiger partial charge < -0.3 is 4.74 Å². The molecule has 0 saturated carbocycles. The molecule has 0 fully saturated rings. The third kappa shape index (κ3) is 3.74. The molecule has 7 heteroatoms. The lowest BCUT2D eigenvalue weighted by molar-refractivity contribution is 0.102. The van der Waals surface area contributed by atoms with Crippen LogP contribution >= 0.6 is 11.8 Å². The zero-order chi connectivity index (χ0) is 14.4. The topological polar surface area (TPSA) is 79.9 Å². The van der Waals surface area contributed by atoms with Crippen molar-refractivity contribution in [2.24, 2.45) is 0 Å². The van der Waals surface area contributed by atoms with Gasteiger partial charge in [-0.05, 0) is 30.9 Å². The van der Waals surface area contributed by atoms with Crippen LogP contribution in [0.1, 0.15) is 22.8 Å². The van der Waals surface area contributed by atoms with E-state index in [2.05, 4.69) is 20.5 Å². The number of benzene rings is 1. The molecule has 1 amide bonds. The van der Waals surface area contributed by atoms with Gasteiger partial charge in [-0.3, -0.25) is 10.1 Å². The van der Waals surface area contributed by atoms with E-state index in [9.17, 15) is 4.79 Å². The number of hydrogen-bond acceptors (Lipinski definition) is 5. The molecule has 1 aromatic heterocycles. The maximum Gasteiger partial charge on any atom is 0.337 e. The second-order valence-electron chi connectivity index (χ2n) is 3.98. The van der Waals surface area contributed by atoms with Crippen molar-refractivity contribution < 1.29 is 9.53 Å². The van der Waals surface area contributed by atoms with Crippen molar-refractivity contribution in [3.63, 3.8) is 0 Å². The number of aromatic amines is 1. The molecular weight excluding hydrogens is 276 g/mol. The minimum absolute atomic E-state index is 0.220. The summed E-state index contributed by atoms with van der Waals surface area (Å²) in [5.41, 5.74) is 1.76. The summed E-state index contributed by atoms with van der Waals surface area (Å²) in [4.78, 5) is 16.0. The molecule has 0 bridgehead atoms. The first-order chi connectivity index (χ1) is 9.72. The standard InChI is InChI=1S/C13H16N4O2S/c1-3-19-13-15-12(16-17-13)14-11(18)10-6-4-9(5-7-10)8-20-2/h4-7H,3,8H2,1-2H3,(H2,14,15,16,17,18). The molecule has 2 rings (SSSR count). The summed E-state index contributed by atoms with van der Waals surface area (Å²) >= 11 is 1.74. The van der Waals surface area contributed by atoms with E-state index in [0.717, 1.165) is 5.75 Å². The average Bonchev–Trinajstić information content (AvgIpc) is 2.88. The van der Waals surface area contributed by atoms with Gasteiger partial charge in [-0.25, -0.2) is 5.10 Å². The second-order valence-corrected chi connectivity index (χ2v) is 4.85. The molecule has 2 aromatic rings. The average molecular weight is 292 g/mol. The van der Waals surface area contributed by atoms with Gasteiger partial charge in [-0.2, -0.15) is 16.7 Å². The molecular formula is C13H16N4O2S. The molecule has 0 spiro atoms. The van der Waals surface area contributed by atoms with Crippen LogP contribution in [-0.4, -0.2) is 34.0 Å².